The number of hydrogen-bond donors (Lipinski definition) is 2. The van der Waals surface area contributed by atoms with Gasteiger partial charge in [0.2, 0.25) is 0 Å². The highest BCUT2D eigenvalue weighted by atomic mass is 16.1. The van der Waals surface area contributed by atoms with E-state index in [4.69, 9.17) is 5.73 Å². The first kappa shape index (κ1) is 11.2. The zero-order chi connectivity index (χ0) is 12.7. The molecule has 0 aliphatic carbocycles. The van der Waals surface area contributed by atoms with Gasteiger partial charge in [0.1, 0.15) is 12.1 Å². The first-order valence-electron chi connectivity index (χ1n) is 6.08. The molecule has 0 saturated carbocycles. The van der Waals surface area contributed by atoms with Gasteiger partial charge >= 0.3 is 5.69 Å². The smallest absolute Gasteiger partial charge is 0.348 e. The van der Waals surface area contributed by atoms with Crippen molar-refractivity contribution < 1.29 is 0 Å². The molecule has 0 amide bonds. The maximum atomic E-state index is 11.3. The quantitative estimate of drug-likeness (QED) is 0.754. The molecule has 7 heteroatoms. The van der Waals surface area contributed by atoms with E-state index in [2.05, 4.69) is 27.0 Å². The zero-order valence-corrected chi connectivity index (χ0v) is 10.2. The normalized spacial score (nSPS) is 24.0. The van der Waals surface area contributed by atoms with Crippen LogP contribution in [-0.2, 0) is 0 Å². The molecular weight excluding hydrogens is 232 g/mol. The van der Waals surface area contributed by atoms with Crippen molar-refractivity contribution in [2.75, 3.05) is 18.0 Å². The van der Waals surface area contributed by atoms with E-state index in [-0.39, 0.29) is 5.69 Å². The minimum atomic E-state index is -0.265. The number of fused-ring (bicyclic) bond motifs is 1. The van der Waals surface area contributed by atoms with Crippen molar-refractivity contribution in [1.29, 1.82) is 0 Å². The molecule has 7 nitrogen and oxygen atoms in total. The molecule has 18 heavy (non-hydrogen) atoms. The van der Waals surface area contributed by atoms with Crippen LogP contribution in [-0.4, -0.2) is 38.7 Å². The summed E-state index contributed by atoms with van der Waals surface area (Å²) in [5.41, 5.74) is 6.05. The third-order valence-electron chi connectivity index (χ3n) is 3.58. The monoisotopic (exact) mass is 248 g/mol. The molecule has 1 aliphatic heterocycles. The fraction of sp³-hybridized carbons (Fsp3) is 0.545. The molecule has 0 radical (unpaired) electrons. The third-order valence-corrected chi connectivity index (χ3v) is 3.58. The molecule has 2 aromatic heterocycles. The SMILES string of the molecule is CC1CC(CN)CN1c1cc2n[nH]c(=O)n2cn1. The summed E-state index contributed by atoms with van der Waals surface area (Å²) in [6.45, 7) is 3.78. The molecule has 2 unspecified atom stereocenters. The van der Waals surface area contributed by atoms with Gasteiger partial charge in [-0.3, -0.25) is 0 Å². The topological polar surface area (TPSA) is 92.3 Å². The number of H-pyrrole nitrogens is 1. The minimum Gasteiger partial charge on any atom is -0.353 e. The van der Waals surface area contributed by atoms with E-state index in [0.29, 0.717) is 24.2 Å². The van der Waals surface area contributed by atoms with Gasteiger partial charge in [0.25, 0.3) is 0 Å². The average molecular weight is 248 g/mol. The highest BCUT2D eigenvalue weighted by Gasteiger charge is 2.29. The summed E-state index contributed by atoms with van der Waals surface area (Å²) in [6, 6.07) is 2.24. The molecule has 1 aliphatic rings. The summed E-state index contributed by atoms with van der Waals surface area (Å²) < 4.78 is 1.39. The van der Waals surface area contributed by atoms with Crippen molar-refractivity contribution in [1.82, 2.24) is 19.6 Å². The first-order valence-corrected chi connectivity index (χ1v) is 6.08. The third kappa shape index (κ3) is 1.67. The molecule has 0 bridgehead atoms. The van der Waals surface area contributed by atoms with E-state index in [1.54, 1.807) is 0 Å². The Balaban J connectivity index is 1.97. The van der Waals surface area contributed by atoms with Gasteiger partial charge in [-0.1, -0.05) is 0 Å². The zero-order valence-electron chi connectivity index (χ0n) is 10.2. The van der Waals surface area contributed by atoms with E-state index < -0.39 is 0 Å². The predicted molar refractivity (Wildman–Crippen MR) is 67.6 cm³/mol. The van der Waals surface area contributed by atoms with Gasteiger partial charge < -0.3 is 10.6 Å². The van der Waals surface area contributed by atoms with Crippen molar-refractivity contribution in [3.05, 3.63) is 22.9 Å². The van der Waals surface area contributed by atoms with Crippen LogP contribution in [0.25, 0.3) is 5.65 Å². The Morgan fingerprint density at radius 1 is 1.61 bits per heavy atom. The molecule has 2 atom stereocenters. The van der Waals surface area contributed by atoms with Gasteiger partial charge in [-0.2, -0.15) is 5.10 Å². The van der Waals surface area contributed by atoms with Gasteiger partial charge in [-0.15, -0.1) is 0 Å². The number of nitrogens with one attached hydrogen (secondary N) is 1. The fourth-order valence-electron chi connectivity index (χ4n) is 2.59. The summed E-state index contributed by atoms with van der Waals surface area (Å²) in [5, 5.41) is 6.35. The van der Waals surface area contributed by atoms with Crippen LogP contribution in [0.1, 0.15) is 13.3 Å². The Kier molecular flexibility index (Phi) is 2.55. The number of anilines is 1. The molecule has 1 fully saturated rings. The van der Waals surface area contributed by atoms with Crippen molar-refractivity contribution >= 4 is 11.5 Å². The van der Waals surface area contributed by atoms with Crippen LogP contribution in [0.5, 0.6) is 0 Å². The van der Waals surface area contributed by atoms with Gasteiger partial charge in [0.05, 0.1) is 0 Å². The lowest BCUT2D eigenvalue weighted by Crippen LogP contribution is -2.28. The van der Waals surface area contributed by atoms with E-state index in [0.717, 1.165) is 18.8 Å². The van der Waals surface area contributed by atoms with Crippen LogP contribution in [0.2, 0.25) is 0 Å². The van der Waals surface area contributed by atoms with Gasteiger partial charge in [0.15, 0.2) is 5.65 Å². The van der Waals surface area contributed by atoms with Crippen LogP contribution in [0.4, 0.5) is 5.82 Å². The summed E-state index contributed by atoms with van der Waals surface area (Å²) in [4.78, 5) is 17.9. The largest absolute Gasteiger partial charge is 0.353 e. The van der Waals surface area contributed by atoms with Gasteiger partial charge in [-0.05, 0) is 25.8 Å². The van der Waals surface area contributed by atoms with Crippen molar-refractivity contribution in [2.45, 2.75) is 19.4 Å². The first-order chi connectivity index (χ1) is 8.69. The lowest BCUT2D eigenvalue weighted by atomic mass is 10.1. The highest BCUT2D eigenvalue weighted by Crippen LogP contribution is 2.27. The number of nitrogens with zero attached hydrogens (tertiary/aromatic N) is 4. The van der Waals surface area contributed by atoms with E-state index in [1.165, 1.54) is 10.7 Å². The van der Waals surface area contributed by atoms with Crippen molar-refractivity contribution in [2.24, 2.45) is 11.7 Å². The standard InChI is InChI=1S/C11H16N6O/c1-7-2-8(4-12)5-16(7)9-3-10-14-15-11(18)17(10)6-13-9/h3,6-8H,2,4-5,12H2,1H3,(H,15,18). The minimum absolute atomic E-state index is 0.265. The Bertz CT molecular complexity index is 617. The predicted octanol–water partition coefficient (Wildman–Crippen LogP) is -0.409. The summed E-state index contributed by atoms with van der Waals surface area (Å²) in [7, 11) is 0. The molecule has 3 heterocycles. The molecule has 96 valence electrons. The molecule has 2 aromatic rings. The second-order valence-corrected chi connectivity index (χ2v) is 4.84. The number of hydrogen-bond acceptors (Lipinski definition) is 5. The second-order valence-electron chi connectivity index (χ2n) is 4.84. The van der Waals surface area contributed by atoms with Crippen molar-refractivity contribution in [3.63, 3.8) is 0 Å². The Morgan fingerprint density at radius 2 is 2.44 bits per heavy atom. The maximum absolute atomic E-state index is 11.3. The average Bonchev–Trinajstić information content (AvgIpc) is 2.93. The van der Waals surface area contributed by atoms with E-state index >= 15 is 0 Å². The lowest BCUT2D eigenvalue weighted by molar-refractivity contribution is 0.579. The second kappa shape index (κ2) is 4.09. The van der Waals surface area contributed by atoms with Gasteiger partial charge in [-0.25, -0.2) is 19.3 Å². The molecule has 1 saturated heterocycles. The van der Waals surface area contributed by atoms with Crippen molar-refractivity contribution in [3.8, 4) is 0 Å². The number of aromatic amines is 1. The highest BCUT2D eigenvalue weighted by molar-refractivity contribution is 5.51. The van der Waals surface area contributed by atoms with Crippen LogP contribution >= 0.6 is 0 Å². The number of nitrogens with two attached hydrogens (primary N) is 1. The molecule has 3 N–H and O–H groups in total. The van der Waals surface area contributed by atoms with E-state index in [1.807, 2.05) is 6.07 Å². The fourth-order valence-corrected chi connectivity index (χ4v) is 2.59. The van der Waals surface area contributed by atoms with E-state index in [9.17, 15) is 4.79 Å². The van der Waals surface area contributed by atoms with Crippen LogP contribution in [0, 0.1) is 5.92 Å². The van der Waals surface area contributed by atoms with Crippen LogP contribution < -0.4 is 16.3 Å². The maximum Gasteiger partial charge on any atom is 0.348 e. The Morgan fingerprint density at radius 3 is 3.17 bits per heavy atom. The molecule has 0 spiro atoms. The Hall–Kier alpha value is -1.89. The lowest BCUT2D eigenvalue weighted by Gasteiger charge is -2.22. The summed E-state index contributed by atoms with van der Waals surface area (Å²) in [5.74, 6) is 1.37. The van der Waals surface area contributed by atoms with Crippen LogP contribution in [0.3, 0.4) is 0 Å². The van der Waals surface area contributed by atoms with Crippen LogP contribution in [0.15, 0.2) is 17.2 Å². The summed E-state index contributed by atoms with van der Waals surface area (Å²) in [6.07, 6.45) is 2.59. The Labute approximate surface area is 104 Å². The number of rotatable bonds is 2. The van der Waals surface area contributed by atoms with Gasteiger partial charge in [0, 0.05) is 18.7 Å². The molecule has 3 rings (SSSR count). The summed E-state index contributed by atoms with van der Waals surface area (Å²) >= 11 is 0. The molecular formula is C11H16N6O. The number of aromatic nitrogens is 4. The molecule has 0 aromatic carbocycles.